The number of imide groups is 1. The van der Waals surface area contributed by atoms with Crippen molar-refractivity contribution in [2.75, 3.05) is 23.9 Å². The molecule has 2 N–H and O–H groups in total. The van der Waals surface area contributed by atoms with E-state index < -0.39 is 5.92 Å². The van der Waals surface area contributed by atoms with E-state index in [-0.39, 0.29) is 64.0 Å². The lowest BCUT2D eigenvalue weighted by molar-refractivity contribution is -0.123. The maximum Gasteiger partial charge on any atom is 0.305 e. The normalized spacial score (nSPS) is 27.3. The summed E-state index contributed by atoms with van der Waals surface area (Å²) < 4.78 is 11.1. The number of carbonyl (C=O) groups is 3. The SMILES string of the molecule is COc1ccc(NC(=O)COc2cccc([C@H]3c4sc(=O)[nH]c4SC4C3[C@H]3C[C@@H]4C4C(=O)N(c5ccc(Cl)cc5)C(=O)C43)c2)cc1. The third-order valence-electron chi connectivity index (χ3n) is 9.77. The predicted octanol–water partition coefficient (Wildman–Crippen LogP) is 5.79. The van der Waals surface area contributed by atoms with E-state index in [1.54, 1.807) is 73.5 Å². The molecule has 4 aliphatic rings. The number of fused-ring (bicyclic) bond motifs is 9. The Morgan fingerprint density at radius 2 is 1.72 bits per heavy atom. The van der Waals surface area contributed by atoms with Gasteiger partial charge in [-0.05, 0) is 90.4 Å². The van der Waals surface area contributed by atoms with E-state index in [0.29, 0.717) is 27.9 Å². The second-order valence-corrected chi connectivity index (χ2v) is 14.7. The van der Waals surface area contributed by atoms with Gasteiger partial charge in [-0.1, -0.05) is 35.1 Å². The third-order valence-corrected chi connectivity index (χ3v) is 12.6. The molecule has 234 valence electrons. The average Bonchev–Trinajstić information content (AvgIpc) is 3.80. The summed E-state index contributed by atoms with van der Waals surface area (Å²) in [7, 11) is 1.58. The molecular formula is C34H28ClN3O6S2. The van der Waals surface area contributed by atoms with Crippen LogP contribution in [-0.2, 0) is 14.4 Å². The van der Waals surface area contributed by atoms with Crippen LogP contribution in [0.3, 0.4) is 0 Å². The van der Waals surface area contributed by atoms with Crippen molar-refractivity contribution in [1.29, 1.82) is 0 Å². The number of ether oxygens (including phenoxy) is 2. The molecule has 3 aromatic carbocycles. The van der Waals surface area contributed by atoms with Crippen LogP contribution in [0.25, 0.3) is 0 Å². The topological polar surface area (TPSA) is 118 Å². The fourth-order valence-corrected chi connectivity index (χ4v) is 11.1. The number of aromatic nitrogens is 1. The second kappa shape index (κ2) is 11.3. The molecule has 0 radical (unpaired) electrons. The average molecular weight is 674 g/mol. The molecule has 0 spiro atoms. The standard InChI is InChI=1S/C34H28ClN3O6S2/c1-43-20-11-7-18(8-12-20)36-24(39)15-44-21-4-2-3-16(13-21)25-26-22-14-23(29(26)45-31-30(25)46-34(42)37-31)28-27(22)32(40)38(33(28)41)19-9-5-17(35)6-10-19/h2-13,22-23,25-29H,14-15H2,1H3,(H,36,39)(H,37,42)/t22-,23-,25-,26?,27?,28?,29?/m1/s1. The number of hydrogen-bond donors (Lipinski definition) is 2. The Hall–Kier alpha value is -4.06. The number of methoxy groups -OCH3 is 1. The number of hydrogen-bond acceptors (Lipinski definition) is 8. The van der Waals surface area contributed by atoms with Gasteiger partial charge in [0, 0.05) is 26.8 Å². The molecule has 9 nitrogen and oxygen atoms in total. The summed E-state index contributed by atoms with van der Waals surface area (Å²) in [6, 6.07) is 21.5. The van der Waals surface area contributed by atoms with Gasteiger partial charge < -0.3 is 19.8 Å². The van der Waals surface area contributed by atoms with Gasteiger partial charge in [0.15, 0.2) is 6.61 Å². The van der Waals surface area contributed by atoms with E-state index in [1.165, 1.54) is 16.2 Å². The summed E-state index contributed by atoms with van der Waals surface area (Å²) in [5.41, 5.74) is 2.13. The smallest absolute Gasteiger partial charge is 0.305 e. The van der Waals surface area contributed by atoms with Crippen molar-refractivity contribution in [3.05, 3.63) is 97.9 Å². The molecule has 4 aromatic rings. The van der Waals surface area contributed by atoms with Crippen LogP contribution in [0.15, 0.2) is 82.6 Å². The van der Waals surface area contributed by atoms with Gasteiger partial charge in [0.2, 0.25) is 11.8 Å². The number of benzene rings is 3. The zero-order valence-electron chi connectivity index (χ0n) is 24.5. The summed E-state index contributed by atoms with van der Waals surface area (Å²) in [4.78, 5) is 58.3. The fourth-order valence-electron chi connectivity index (χ4n) is 8.05. The molecule has 4 unspecified atom stereocenters. The molecule has 46 heavy (non-hydrogen) atoms. The van der Waals surface area contributed by atoms with Crippen LogP contribution in [0.4, 0.5) is 11.4 Å². The first-order chi connectivity index (χ1) is 22.3. The van der Waals surface area contributed by atoms with Crippen LogP contribution >= 0.6 is 34.7 Å². The van der Waals surface area contributed by atoms with Crippen LogP contribution in [0.1, 0.15) is 22.8 Å². The van der Waals surface area contributed by atoms with Gasteiger partial charge in [-0.25, -0.2) is 0 Å². The van der Waals surface area contributed by atoms with E-state index in [9.17, 15) is 19.2 Å². The molecule has 2 aliphatic carbocycles. The van der Waals surface area contributed by atoms with Crippen molar-refractivity contribution in [3.63, 3.8) is 0 Å². The Morgan fingerprint density at radius 1 is 0.978 bits per heavy atom. The first-order valence-electron chi connectivity index (χ1n) is 15.0. The van der Waals surface area contributed by atoms with Crippen molar-refractivity contribution in [2.24, 2.45) is 29.6 Å². The van der Waals surface area contributed by atoms with Crippen molar-refractivity contribution in [3.8, 4) is 11.5 Å². The lowest BCUT2D eigenvalue weighted by Crippen LogP contribution is -2.42. The Kier molecular flexibility index (Phi) is 7.23. The molecule has 2 aliphatic heterocycles. The molecule has 1 saturated heterocycles. The minimum absolute atomic E-state index is 0.0129. The Labute approximate surface area is 277 Å². The van der Waals surface area contributed by atoms with Gasteiger partial charge in [0.1, 0.15) is 11.5 Å². The number of halogens is 1. The van der Waals surface area contributed by atoms with Crippen LogP contribution < -0.4 is 24.6 Å². The van der Waals surface area contributed by atoms with Gasteiger partial charge in [0.05, 0.1) is 29.7 Å². The summed E-state index contributed by atoms with van der Waals surface area (Å²) in [5.74, 6) is -0.281. The number of H-pyrrole nitrogens is 1. The van der Waals surface area contributed by atoms with Gasteiger partial charge >= 0.3 is 4.87 Å². The van der Waals surface area contributed by atoms with Crippen LogP contribution in [-0.4, -0.2) is 41.7 Å². The molecule has 12 heteroatoms. The number of thiazole rings is 1. The van der Waals surface area contributed by atoms with Crippen molar-refractivity contribution >= 4 is 63.8 Å². The zero-order chi connectivity index (χ0) is 31.7. The van der Waals surface area contributed by atoms with Crippen molar-refractivity contribution in [1.82, 2.24) is 4.98 Å². The fraction of sp³-hybridized carbons (Fsp3) is 0.294. The van der Waals surface area contributed by atoms with Crippen molar-refractivity contribution in [2.45, 2.75) is 22.6 Å². The van der Waals surface area contributed by atoms with Crippen LogP contribution in [0.5, 0.6) is 11.5 Å². The predicted molar refractivity (Wildman–Crippen MR) is 176 cm³/mol. The summed E-state index contributed by atoms with van der Waals surface area (Å²) in [6.07, 6.45) is 0.793. The number of amides is 3. The number of aromatic amines is 1. The second-order valence-electron chi connectivity index (χ2n) is 12.1. The monoisotopic (exact) mass is 673 g/mol. The van der Waals surface area contributed by atoms with Gasteiger partial charge in [-0.15, -0.1) is 11.8 Å². The summed E-state index contributed by atoms with van der Waals surface area (Å²) in [5, 5.41) is 4.26. The van der Waals surface area contributed by atoms with Gasteiger partial charge in [-0.2, -0.15) is 0 Å². The Bertz CT molecular complexity index is 1930. The van der Waals surface area contributed by atoms with Gasteiger partial charge in [0.25, 0.3) is 5.91 Å². The quantitative estimate of drug-likeness (QED) is 0.238. The van der Waals surface area contributed by atoms with E-state index in [4.69, 9.17) is 21.1 Å². The van der Waals surface area contributed by atoms with E-state index in [0.717, 1.165) is 21.9 Å². The lowest BCUT2D eigenvalue weighted by Gasteiger charge is -2.43. The molecular weight excluding hydrogens is 646 g/mol. The first-order valence-corrected chi connectivity index (χ1v) is 17.1. The van der Waals surface area contributed by atoms with Crippen LogP contribution in [0, 0.1) is 29.6 Å². The minimum atomic E-state index is -0.407. The molecule has 2 bridgehead atoms. The number of carbonyl (C=O) groups excluding carboxylic acids is 3. The first kappa shape index (κ1) is 29.3. The number of nitrogens with one attached hydrogen (secondary N) is 2. The number of rotatable bonds is 7. The third kappa shape index (κ3) is 4.75. The Balaban J connectivity index is 1.07. The highest BCUT2D eigenvalue weighted by molar-refractivity contribution is 8.00. The number of thioether (sulfide) groups is 1. The molecule has 7 atom stereocenters. The maximum absolute atomic E-state index is 14.0. The maximum atomic E-state index is 14.0. The highest BCUT2D eigenvalue weighted by atomic mass is 35.5. The van der Waals surface area contributed by atoms with Crippen LogP contribution in [0.2, 0.25) is 5.02 Å². The van der Waals surface area contributed by atoms with Gasteiger partial charge in [-0.3, -0.25) is 24.1 Å². The van der Waals surface area contributed by atoms with E-state index in [2.05, 4.69) is 10.3 Å². The number of nitrogens with zero attached hydrogens (tertiary/aromatic N) is 1. The minimum Gasteiger partial charge on any atom is -0.497 e. The molecule has 3 fully saturated rings. The lowest BCUT2D eigenvalue weighted by atomic mass is 9.68. The highest BCUT2D eigenvalue weighted by Crippen LogP contribution is 2.68. The molecule has 8 rings (SSSR count). The highest BCUT2D eigenvalue weighted by Gasteiger charge is 2.69. The molecule has 3 heterocycles. The summed E-state index contributed by atoms with van der Waals surface area (Å²) in [6.45, 7) is -0.184. The van der Waals surface area contributed by atoms with E-state index in [1.807, 2.05) is 18.2 Å². The molecule has 1 aromatic heterocycles. The Morgan fingerprint density at radius 3 is 2.46 bits per heavy atom. The zero-order valence-corrected chi connectivity index (χ0v) is 26.9. The van der Waals surface area contributed by atoms with Crippen molar-refractivity contribution < 1.29 is 23.9 Å². The summed E-state index contributed by atoms with van der Waals surface area (Å²) >= 11 is 8.93. The molecule has 2 saturated carbocycles. The largest absolute Gasteiger partial charge is 0.497 e. The number of anilines is 2. The molecule has 3 amide bonds. The van der Waals surface area contributed by atoms with E-state index >= 15 is 0 Å².